The molecule has 0 heterocycles. The van der Waals surface area contributed by atoms with Crippen molar-refractivity contribution in [2.45, 2.75) is 24.7 Å². The second-order valence-electron chi connectivity index (χ2n) is 4.15. The Labute approximate surface area is 102 Å². The van der Waals surface area contributed by atoms with Crippen molar-refractivity contribution in [3.8, 4) is 0 Å². The minimum atomic E-state index is -3.15. The molecule has 2 aromatic rings. The Hall–Kier alpha value is -1.35. The molecule has 0 radical (unpaired) electrons. The molecule has 0 aliphatic heterocycles. The zero-order valence-electron chi connectivity index (χ0n) is 9.89. The van der Waals surface area contributed by atoms with E-state index in [9.17, 15) is 8.42 Å². The summed E-state index contributed by atoms with van der Waals surface area (Å²) in [5.41, 5.74) is 0. The molecule has 0 aliphatic rings. The quantitative estimate of drug-likeness (QED) is 0.831. The highest BCUT2D eigenvalue weighted by Crippen LogP contribution is 2.24. The van der Waals surface area contributed by atoms with Gasteiger partial charge in [-0.1, -0.05) is 49.7 Å². The molecular weight excluding hydrogens is 232 g/mol. The molecule has 0 N–H and O–H groups in total. The molecule has 2 rings (SSSR count). The van der Waals surface area contributed by atoms with Crippen LogP contribution in [-0.4, -0.2) is 14.2 Å². The number of fused-ring (bicyclic) bond motifs is 1. The molecule has 17 heavy (non-hydrogen) atoms. The molecular formula is C14H16O2S. The largest absolute Gasteiger partial charge is 0.224 e. The first-order valence-electron chi connectivity index (χ1n) is 5.85. The molecule has 0 aliphatic carbocycles. The predicted octanol–water partition coefficient (Wildman–Crippen LogP) is 3.41. The van der Waals surface area contributed by atoms with Gasteiger partial charge in [-0.05, 0) is 17.9 Å². The standard InChI is InChI=1S/C14H16O2S/c1-2-3-11-17(15,16)14-10-6-8-12-7-4-5-9-13(12)14/h4-10H,2-3,11H2,1H3. The molecule has 0 fully saturated rings. The monoisotopic (exact) mass is 248 g/mol. The van der Waals surface area contributed by atoms with Crippen molar-refractivity contribution in [2.24, 2.45) is 0 Å². The third kappa shape index (κ3) is 2.50. The third-order valence-corrected chi connectivity index (χ3v) is 4.70. The molecule has 0 unspecified atom stereocenters. The van der Waals surface area contributed by atoms with E-state index in [1.807, 2.05) is 37.3 Å². The number of hydrogen-bond donors (Lipinski definition) is 0. The van der Waals surface area contributed by atoms with Crippen LogP contribution in [0.2, 0.25) is 0 Å². The van der Waals surface area contributed by atoms with Gasteiger partial charge < -0.3 is 0 Å². The van der Waals surface area contributed by atoms with Gasteiger partial charge in [0.25, 0.3) is 0 Å². The topological polar surface area (TPSA) is 34.1 Å². The van der Waals surface area contributed by atoms with E-state index in [2.05, 4.69) is 0 Å². The van der Waals surface area contributed by atoms with E-state index in [0.29, 0.717) is 11.3 Å². The lowest BCUT2D eigenvalue weighted by Gasteiger charge is -2.07. The second kappa shape index (κ2) is 4.88. The first-order valence-corrected chi connectivity index (χ1v) is 7.51. The molecule has 0 aromatic heterocycles. The Kier molecular flexibility index (Phi) is 3.48. The molecule has 0 bridgehead atoms. The van der Waals surface area contributed by atoms with Crippen molar-refractivity contribution in [3.05, 3.63) is 42.5 Å². The third-order valence-electron chi connectivity index (χ3n) is 2.85. The Bertz CT molecular complexity index is 610. The molecule has 0 spiro atoms. The summed E-state index contributed by atoms with van der Waals surface area (Å²) in [6.07, 6.45) is 1.61. The van der Waals surface area contributed by atoms with E-state index in [1.165, 1.54) is 0 Å². The van der Waals surface area contributed by atoms with Gasteiger partial charge in [-0.15, -0.1) is 0 Å². The number of unbranched alkanes of at least 4 members (excludes halogenated alkanes) is 1. The summed E-state index contributed by atoms with van der Waals surface area (Å²) in [7, 11) is -3.15. The normalized spacial score (nSPS) is 11.8. The van der Waals surface area contributed by atoms with Gasteiger partial charge in [-0.3, -0.25) is 0 Å². The van der Waals surface area contributed by atoms with Gasteiger partial charge >= 0.3 is 0 Å². The molecule has 0 amide bonds. The second-order valence-corrected chi connectivity index (χ2v) is 6.23. The van der Waals surface area contributed by atoms with Gasteiger partial charge in [0.15, 0.2) is 9.84 Å². The smallest absolute Gasteiger partial charge is 0.178 e. The number of sulfone groups is 1. The van der Waals surface area contributed by atoms with E-state index in [0.717, 1.165) is 17.2 Å². The summed E-state index contributed by atoms with van der Waals surface area (Å²) in [6, 6.07) is 13.1. The molecule has 2 aromatic carbocycles. The van der Waals surface area contributed by atoms with Gasteiger partial charge in [0.1, 0.15) is 0 Å². The molecule has 0 saturated carbocycles. The number of benzene rings is 2. The fourth-order valence-electron chi connectivity index (χ4n) is 1.91. The molecule has 0 atom stereocenters. The van der Waals surface area contributed by atoms with Crippen LogP contribution >= 0.6 is 0 Å². The average Bonchev–Trinajstić information content (AvgIpc) is 2.36. The molecule has 90 valence electrons. The zero-order chi connectivity index (χ0) is 12.3. The highest BCUT2D eigenvalue weighted by Gasteiger charge is 2.16. The zero-order valence-corrected chi connectivity index (χ0v) is 10.7. The van der Waals surface area contributed by atoms with Crippen LogP contribution in [0.15, 0.2) is 47.4 Å². The maximum Gasteiger partial charge on any atom is 0.178 e. The number of hydrogen-bond acceptors (Lipinski definition) is 2. The van der Waals surface area contributed by atoms with Crippen molar-refractivity contribution >= 4 is 20.6 Å². The first kappa shape index (κ1) is 12.1. The van der Waals surface area contributed by atoms with Crippen LogP contribution in [0.4, 0.5) is 0 Å². The average molecular weight is 248 g/mol. The van der Waals surface area contributed by atoms with Gasteiger partial charge in [-0.2, -0.15) is 0 Å². The maximum atomic E-state index is 12.2. The minimum absolute atomic E-state index is 0.234. The Balaban J connectivity index is 2.55. The molecule has 2 nitrogen and oxygen atoms in total. The van der Waals surface area contributed by atoms with Crippen LogP contribution in [0, 0.1) is 0 Å². The van der Waals surface area contributed by atoms with E-state index in [-0.39, 0.29) is 5.75 Å². The van der Waals surface area contributed by atoms with Crippen molar-refractivity contribution in [2.75, 3.05) is 5.75 Å². The fourth-order valence-corrected chi connectivity index (χ4v) is 3.61. The van der Waals surface area contributed by atoms with Crippen molar-refractivity contribution in [1.29, 1.82) is 0 Å². The minimum Gasteiger partial charge on any atom is -0.224 e. The lowest BCUT2D eigenvalue weighted by Crippen LogP contribution is -2.07. The van der Waals surface area contributed by atoms with Crippen LogP contribution < -0.4 is 0 Å². The van der Waals surface area contributed by atoms with Gasteiger partial charge in [-0.25, -0.2) is 8.42 Å². The highest BCUT2D eigenvalue weighted by molar-refractivity contribution is 7.91. The summed E-state index contributed by atoms with van der Waals surface area (Å²) in [6.45, 7) is 2.00. The predicted molar refractivity (Wildman–Crippen MR) is 70.9 cm³/mol. The summed E-state index contributed by atoms with van der Waals surface area (Å²) in [5, 5.41) is 1.80. The SMILES string of the molecule is CCCCS(=O)(=O)c1cccc2ccccc12. The van der Waals surface area contributed by atoms with Crippen molar-refractivity contribution < 1.29 is 8.42 Å². The van der Waals surface area contributed by atoms with Crippen LogP contribution in [0.3, 0.4) is 0 Å². The summed E-state index contributed by atoms with van der Waals surface area (Å²) in [4.78, 5) is 0.462. The van der Waals surface area contributed by atoms with Crippen molar-refractivity contribution in [1.82, 2.24) is 0 Å². The van der Waals surface area contributed by atoms with Crippen LogP contribution in [-0.2, 0) is 9.84 Å². The van der Waals surface area contributed by atoms with E-state index in [1.54, 1.807) is 12.1 Å². The Morgan fingerprint density at radius 3 is 2.47 bits per heavy atom. The summed E-state index contributed by atoms with van der Waals surface area (Å²) >= 11 is 0. The van der Waals surface area contributed by atoms with Crippen molar-refractivity contribution in [3.63, 3.8) is 0 Å². The van der Waals surface area contributed by atoms with Crippen LogP contribution in [0.5, 0.6) is 0 Å². The highest BCUT2D eigenvalue weighted by atomic mass is 32.2. The van der Waals surface area contributed by atoms with Crippen LogP contribution in [0.1, 0.15) is 19.8 Å². The number of rotatable bonds is 4. The first-order chi connectivity index (χ1) is 8.15. The molecule has 0 saturated heterocycles. The van der Waals surface area contributed by atoms with E-state index in [4.69, 9.17) is 0 Å². The lowest BCUT2D eigenvalue weighted by atomic mass is 10.1. The summed E-state index contributed by atoms with van der Waals surface area (Å²) < 4.78 is 24.4. The Morgan fingerprint density at radius 1 is 1.00 bits per heavy atom. The van der Waals surface area contributed by atoms with Crippen LogP contribution in [0.25, 0.3) is 10.8 Å². The lowest BCUT2D eigenvalue weighted by molar-refractivity contribution is 0.593. The van der Waals surface area contributed by atoms with Gasteiger partial charge in [0.05, 0.1) is 10.6 Å². The van der Waals surface area contributed by atoms with E-state index < -0.39 is 9.84 Å². The van der Waals surface area contributed by atoms with Gasteiger partial charge in [0.2, 0.25) is 0 Å². The summed E-state index contributed by atoms with van der Waals surface area (Å²) in [5.74, 6) is 0.234. The Morgan fingerprint density at radius 2 is 1.71 bits per heavy atom. The maximum absolute atomic E-state index is 12.2. The molecule has 3 heteroatoms. The fraction of sp³-hybridized carbons (Fsp3) is 0.286. The van der Waals surface area contributed by atoms with Gasteiger partial charge in [0, 0.05) is 5.39 Å². The van der Waals surface area contributed by atoms with E-state index >= 15 is 0 Å².